The molecule has 0 aliphatic heterocycles. The summed E-state index contributed by atoms with van der Waals surface area (Å²) in [5.74, 6) is 0. The lowest BCUT2D eigenvalue weighted by Crippen LogP contribution is -2.17. The van der Waals surface area contributed by atoms with Crippen LogP contribution in [0.15, 0.2) is 28.7 Å². The first-order valence-electron chi connectivity index (χ1n) is 6.29. The molecule has 1 fully saturated rings. The summed E-state index contributed by atoms with van der Waals surface area (Å²) in [7, 11) is 0. The first-order chi connectivity index (χ1) is 8.29. The van der Waals surface area contributed by atoms with Crippen LogP contribution in [0.1, 0.15) is 25.5 Å². The number of fused-ring (bicyclic) bond motifs is 1. The minimum atomic E-state index is 0.766. The summed E-state index contributed by atoms with van der Waals surface area (Å²) in [4.78, 5) is 0. The molecule has 1 N–H and O–H groups in total. The van der Waals surface area contributed by atoms with Crippen LogP contribution < -0.4 is 5.32 Å². The van der Waals surface area contributed by atoms with Crippen molar-refractivity contribution in [3.63, 3.8) is 0 Å². The van der Waals surface area contributed by atoms with E-state index in [-0.39, 0.29) is 0 Å². The zero-order valence-corrected chi connectivity index (χ0v) is 11.6. The first kappa shape index (κ1) is 11.3. The van der Waals surface area contributed by atoms with Crippen molar-refractivity contribution in [2.75, 3.05) is 0 Å². The maximum absolute atomic E-state index is 3.63. The van der Waals surface area contributed by atoms with Crippen LogP contribution >= 0.6 is 15.9 Å². The average molecular weight is 293 g/mol. The molecule has 2 nitrogen and oxygen atoms in total. The number of aromatic nitrogens is 1. The van der Waals surface area contributed by atoms with Crippen LogP contribution in [0.3, 0.4) is 0 Å². The van der Waals surface area contributed by atoms with E-state index in [9.17, 15) is 0 Å². The topological polar surface area (TPSA) is 17.0 Å². The van der Waals surface area contributed by atoms with Crippen molar-refractivity contribution in [3.8, 4) is 0 Å². The Kier molecular flexibility index (Phi) is 2.97. The van der Waals surface area contributed by atoms with Gasteiger partial charge in [-0.15, -0.1) is 0 Å². The largest absolute Gasteiger partial charge is 0.344 e. The highest BCUT2D eigenvalue weighted by atomic mass is 79.9. The molecule has 1 heterocycles. The van der Waals surface area contributed by atoms with Crippen molar-refractivity contribution in [3.05, 3.63) is 34.4 Å². The number of nitrogens with one attached hydrogen (secondary N) is 1. The molecule has 1 aliphatic rings. The summed E-state index contributed by atoms with van der Waals surface area (Å²) in [6.45, 7) is 4.22. The number of benzene rings is 1. The van der Waals surface area contributed by atoms with Crippen molar-refractivity contribution in [1.29, 1.82) is 0 Å². The zero-order chi connectivity index (χ0) is 11.8. The number of halogens is 1. The van der Waals surface area contributed by atoms with Gasteiger partial charge in [0.05, 0.1) is 0 Å². The van der Waals surface area contributed by atoms with Crippen LogP contribution in [0.4, 0.5) is 0 Å². The van der Waals surface area contributed by atoms with Crippen LogP contribution in [0.2, 0.25) is 0 Å². The van der Waals surface area contributed by atoms with Crippen molar-refractivity contribution < 1.29 is 0 Å². The predicted molar refractivity (Wildman–Crippen MR) is 75.2 cm³/mol. The van der Waals surface area contributed by atoms with Crippen LogP contribution in [0.5, 0.6) is 0 Å². The summed E-state index contributed by atoms with van der Waals surface area (Å²) in [5, 5.41) is 4.91. The van der Waals surface area contributed by atoms with Gasteiger partial charge in [-0.3, -0.25) is 0 Å². The molecule has 0 saturated heterocycles. The summed E-state index contributed by atoms with van der Waals surface area (Å²) in [5.41, 5.74) is 2.72. The standard InChI is InChI=1S/C14H17BrN2/c1-2-17-11(9-16-10-6-7-10)8-12-13(15)4-3-5-14(12)17/h3-5,8,10,16H,2,6-7,9H2,1H3. The van der Waals surface area contributed by atoms with Gasteiger partial charge in [-0.2, -0.15) is 0 Å². The van der Waals surface area contributed by atoms with E-state index in [2.05, 4.69) is 57.0 Å². The fourth-order valence-electron chi connectivity index (χ4n) is 2.36. The Morgan fingerprint density at radius 1 is 1.41 bits per heavy atom. The second kappa shape index (κ2) is 4.46. The van der Waals surface area contributed by atoms with Crippen molar-refractivity contribution in [2.24, 2.45) is 0 Å². The maximum atomic E-state index is 3.63. The molecule has 0 amide bonds. The minimum Gasteiger partial charge on any atom is -0.344 e. The number of rotatable bonds is 4. The molecule has 0 atom stereocenters. The van der Waals surface area contributed by atoms with E-state index in [0.29, 0.717) is 0 Å². The summed E-state index contributed by atoms with van der Waals surface area (Å²) >= 11 is 3.63. The smallest absolute Gasteiger partial charge is 0.0494 e. The zero-order valence-electron chi connectivity index (χ0n) is 10.0. The number of nitrogens with zero attached hydrogens (tertiary/aromatic N) is 1. The SMILES string of the molecule is CCn1c(CNC2CC2)cc2c(Br)cccc21. The molecule has 1 saturated carbocycles. The Balaban J connectivity index is 2.00. The molecule has 3 rings (SSSR count). The van der Waals surface area contributed by atoms with E-state index in [4.69, 9.17) is 0 Å². The van der Waals surface area contributed by atoms with E-state index >= 15 is 0 Å². The van der Waals surface area contributed by atoms with Crippen LogP contribution in [0.25, 0.3) is 10.9 Å². The highest BCUT2D eigenvalue weighted by Gasteiger charge is 2.21. The van der Waals surface area contributed by atoms with Gasteiger partial charge in [-0.25, -0.2) is 0 Å². The lowest BCUT2D eigenvalue weighted by atomic mass is 10.2. The maximum Gasteiger partial charge on any atom is 0.0494 e. The molecule has 0 radical (unpaired) electrons. The highest BCUT2D eigenvalue weighted by Crippen LogP contribution is 2.28. The second-order valence-corrected chi connectivity index (χ2v) is 5.56. The fourth-order valence-corrected chi connectivity index (χ4v) is 2.83. The highest BCUT2D eigenvalue weighted by molar-refractivity contribution is 9.10. The van der Waals surface area contributed by atoms with Gasteiger partial charge in [0.15, 0.2) is 0 Å². The second-order valence-electron chi connectivity index (χ2n) is 4.71. The van der Waals surface area contributed by atoms with Crippen molar-refractivity contribution in [1.82, 2.24) is 9.88 Å². The lowest BCUT2D eigenvalue weighted by molar-refractivity contribution is 0.634. The Bertz CT molecular complexity index is 540. The third-order valence-corrected chi connectivity index (χ3v) is 4.14. The quantitative estimate of drug-likeness (QED) is 0.910. The van der Waals surface area contributed by atoms with Gasteiger partial charge in [0, 0.05) is 40.2 Å². The molecule has 2 aromatic rings. The van der Waals surface area contributed by atoms with Gasteiger partial charge in [0.2, 0.25) is 0 Å². The van der Waals surface area contributed by atoms with Gasteiger partial charge >= 0.3 is 0 Å². The lowest BCUT2D eigenvalue weighted by Gasteiger charge is -2.08. The summed E-state index contributed by atoms with van der Waals surface area (Å²) in [6.07, 6.45) is 2.69. The van der Waals surface area contributed by atoms with Crippen molar-refractivity contribution >= 4 is 26.8 Å². The van der Waals surface area contributed by atoms with Gasteiger partial charge in [0.25, 0.3) is 0 Å². The Morgan fingerprint density at radius 3 is 2.94 bits per heavy atom. The molecule has 1 aromatic carbocycles. The van der Waals surface area contributed by atoms with Gasteiger partial charge in [-0.1, -0.05) is 22.0 Å². The van der Waals surface area contributed by atoms with E-state index in [1.165, 1.54) is 33.9 Å². The summed E-state index contributed by atoms with van der Waals surface area (Å²) < 4.78 is 3.59. The van der Waals surface area contributed by atoms with E-state index in [0.717, 1.165) is 19.1 Å². The molecular formula is C14H17BrN2. The number of hydrogen-bond acceptors (Lipinski definition) is 1. The third-order valence-electron chi connectivity index (χ3n) is 3.44. The van der Waals surface area contributed by atoms with Crippen molar-refractivity contribution in [2.45, 2.75) is 38.9 Å². The Labute approximate surface area is 110 Å². The molecule has 0 spiro atoms. The van der Waals surface area contributed by atoms with Crippen LogP contribution in [-0.2, 0) is 13.1 Å². The summed E-state index contributed by atoms with van der Waals surface area (Å²) in [6, 6.07) is 9.49. The van der Waals surface area contributed by atoms with E-state index < -0.39 is 0 Å². The van der Waals surface area contributed by atoms with Gasteiger partial charge in [0.1, 0.15) is 0 Å². The van der Waals surface area contributed by atoms with Gasteiger partial charge in [-0.05, 0) is 38.0 Å². The van der Waals surface area contributed by atoms with Crippen LogP contribution in [0, 0.1) is 0 Å². The molecule has 3 heteroatoms. The molecule has 1 aliphatic carbocycles. The molecule has 17 heavy (non-hydrogen) atoms. The predicted octanol–water partition coefficient (Wildman–Crippen LogP) is 3.68. The third kappa shape index (κ3) is 2.14. The molecular weight excluding hydrogens is 276 g/mol. The first-order valence-corrected chi connectivity index (χ1v) is 7.09. The normalized spacial score (nSPS) is 15.6. The number of hydrogen-bond donors (Lipinski definition) is 1. The average Bonchev–Trinajstić information content (AvgIpc) is 3.08. The monoisotopic (exact) mass is 292 g/mol. The Morgan fingerprint density at radius 2 is 2.24 bits per heavy atom. The van der Waals surface area contributed by atoms with E-state index in [1.54, 1.807) is 0 Å². The minimum absolute atomic E-state index is 0.766. The molecule has 1 aromatic heterocycles. The Hall–Kier alpha value is -0.800. The molecule has 0 bridgehead atoms. The number of aryl methyl sites for hydroxylation is 1. The fraction of sp³-hybridized carbons (Fsp3) is 0.429. The van der Waals surface area contributed by atoms with E-state index in [1.807, 2.05) is 0 Å². The van der Waals surface area contributed by atoms with Crippen LogP contribution in [-0.4, -0.2) is 10.6 Å². The van der Waals surface area contributed by atoms with Gasteiger partial charge < -0.3 is 9.88 Å². The molecule has 0 unspecified atom stereocenters. The molecule has 90 valence electrons.